The van der Waals surface area contributed by atoms with Crippen LogP contribution < -0.4 is 30.6 Å². The average Bonchev–Trinajstić information content (AvgIpc) is 3.24. The van der Waals surface area contributed by atoms with Gasteiger partial charge < -0.3 is 35.7 Å². The first kappa shape index (κ1) is 24.5. The summed E-state index contributed by atoms with van der Waals surface area (Å²) < 4.78 is 16.0. The van der Waals surface area contributed by atoms with E-state index in [4.69, 9.17) is 30.6 Å². The van der Waals surface area contributed by atoms with Gasteiger partial charge in [0.25, 0.3) is 0 Å². The number of carbonyl (C=O) groups excluding carboxylic acids is 1. The van der Waals surface area contributed by atoms with Gasteiger partial charge in [-0.1, -0.05) is 11.6 Å². The van der Waals surface area contributed by atoms with E-state index in [-0.39, 0.29) is 28.8 Å². The lowest BCUT2D eigenvalue weighted by Gasteiger charge is -2.15. The van der Waals surface area contributed by atoms with Gasteiger partial charge in [0.05, 0.1) is 33.1 Å². The molecular formula is C19H20ClN5O6S. The Balaban J connectivity index is 0.00000114. The lowest BCUT2D eigenvalue weighted by molar-refractivity contribution is -0.106. The normalized spacial score (nSPS) is 9.75. The van der Waals surface area contributed by atoms with Gasteiger partial charge in [0, 0.05) is 17.8 Å². The molecule has 170 valence electrons. The zero-order valence-corrected chi connectivity index (χ0v) is 18.8. The van der Waals surface area contributed by atoms with Gasteiger partial charge >= 0.3 is 5.97 Å². The molecule has 32 heavy (non-hydrogen) atoms. The molecule has 3 rings (SSSR count). The maximum atomic E-state index is 11.3. The Morgan fingerprint density at radius 2 is 1.81 bits per heavy atom. The predicted molar refractivity (Wildman–Crippen MR) is 121 cm³/mol. The number of carboxylic acids is 1. The average molecular weight is 482 g/mol. The number of aromatic carboxylic acids is 1. The maximum absolute atomic E-state index is 11.3. The summed E-state index contributed by atoms with van der Waals surface area (Å²) in [5.74, 6) is 0.840. The van der Waals surface area contributed by atoms with Crippen LogP contribution in [0.15, 0.2) is 29.8 Å². The van der Waals surface area contributed by atoms with E-state index in [1.807, 2.05) is 0 Å². The lowest BCUT2D eigenvalue weighted by Crippen LogP contribution is -2.04. The number of rotatable bonds is 8. The number of primary amides is 1. The number of nitrogens with zero attached hydrogens (tertiary/aromatic N) is 2. The Morgan fingerprint density at radius 1 is 1.19 bits per heavy atom. The van der Waals surface area contributed by atoms with Crippen LogP contribution in [0.5, 0.6) is 17.2 Å². The largest absolute Gasteiger partial charge is 0.493 e. The number of hydrogen-bond donors (Lipinski definition) is 4. The van der Waals surface area contributed by atoms with E-state index in [1.54, 1.807) is 17.5 Å². The molecule has 0 aliphatic rings. The lowest BCUT2D eigenvalue weighted by atomic mass is 10.2. The molecule has 0 aliphatic heterocycles. The van der Waals surface area contributed by atoms with Crippen LogP contribution in [0.1, 0.15) is 10.4 Å². The van der Waals surface area contributed by atoms with Crippen molar-refractivity contribution >= 4 is 57.8 Å². The Labute approximate surface area is 192 Å². The number of thiophene rings is 1. The zero-order valence-electron chi connectivity index (χ0n) is 17.2. The van der Waals surface area contributed by atoms with E-state index in [1.165, 1.54) is 44.9 Å². The molecule has 2 heterocycles. The molecule has 5 N–H and O–H groups in total. The van der Waals surface area contributed by atoms with Crippen LogP contribution in [0, 0.1) is 0 Å². The van der Waals surface area contributed by atoms with Crippen molar-refractivity contribution in [2.45, 2.75) is 0 Å². The molecule has 0 radical (unpaired) electrons. The first-order valence-corrected chi connectivity index (χ1v) is 9.96. The Bertz CT molecular complexity index is 1070. The summed E-state index contributed by atoms with van der Waals surface area (Å²) in [5.41, 5.74) is 4.89. The Kier molecular flexibility index (Phi) is 8.86. The molecule has 0 aliphatic carbocycles. The number of nitrogens with one attached hydrogen (secondary N) is 2. The fraction of sp³-hybridized carbons (Fsp3) is 0.158. The van der Waals surface area contributed by atoms with Crippen LogP contribution in [-0.2, 0) is 4.79 Å². The SMILES string of the molecule is COc1cc(Nc2ncc(Cl)c(Nc3sccc3C(=O)O)n2)cc(OC)c1OC.NC=O. The van der Waals surface area contributed by atoms with E-state index in [0.29, 0.717) is 27.9 Å². The van der Waals surface area contributed by atoms with Crippen molar-refractivity contribution in [3.63, 3.8) is 0 Å². The molecule has 0 bridgehead atoms. The highest BCUT2D eigenvalue weighted by atomic mass is 35.5. The molecule has 0 saturated heterocycles. The van der Waals surface area contributed by atoms with Crippen LogP contribution in [0.25, 0.3) is 0 Å². The molecule has 0 fully saturated rings. The Hall–Kier alpha value is -3.77. The van der Waals surface area contributed by atoms with E-state index >= 15 is 0 Å². The molecule has 0 atom stereocenters. The predicted octanol–water partition coefficient (Wildman–Crippen LogP) is 3.50. The summed E-state index contributed by atoms with van der Waals surface area (Å²) in [4.78, 5) is 28.4. The second kappa shape index (κ2) is 11.6. The van der Waals surface area contributed by atoms with Crippen molar-refractivity contribution < 1.29 is 28.9 Å². The fourth-order valence-corrected chi connectivity index (χ4v) is 3.40. The van der Waals surface area contributed by atoms with E-state index in [0.717, 1.165) is 0 Å². The molecule has 1 aromatic carbocycles. The minimum absolute atomic E-state index is 0.129. The number of aromatic nitrogens is 2. The number of halogens is 1. The fourth-order valence-electron chi connectivity index (χ4n) is 2.48. The van der Waals surface area contributed by atoms with Crippen LogP contribution in [-0.4, -0.2) is 48.8 Å². The van der Waals surface area contributed by atoms with Crippen molar-refractivity contribution in [2.75, 3.05) is 32.0 Å². The highest BCUT2D eigenvalue weighted by Crippen LogP contribution is 2.40. The monoisotopic (exact) mass is 481 g/mol. The van der Waals surface area contributed by atoms with E-state index in [9.17, 15) is 9.90 Å². The van der Waals surface area contributed by atoms with Gasteiger partial charge in [0.15, 0.2) is 17.3 Å². The minimum Gasteiger partial charge on any atom is -0.493 e. The summed E-state index contributed by atoms with van der Waals surface area (Å²) >= 11 is 7.40. The number of nitrogens with two attached hydrogens (primary N) is 1. The van der Waals surface area contributed by atoms with Gasteiger partial charge in [-0.3, -0.25) is 4.79 Å². The third kappa shape index (κ3) is 5.89. The number of anilines is 4. The van der Waals surface area contributed by atoms with Crippen molar-refractivity contribution in [1.29, 1.82) is 0 Å². The molecule has 2 aromatic heterocycles. The molecule has 13 heteroatoms. The summed E-state index contributed by atoms with van der Waals surface area (Å²) in [6.45, 7) is 0. The number of amides is 1. The molecule has 0 unspecified atom stereocenters. The number of hydrogen-bond acceptors (Lipinski definition) is 10. The Morgan fingerprint density at radius 3 is 2.34 bits per heavy atom. The first-order valence-electron chi connectivity index (χ1n) is 8.71. The van der Waals surface area contributed by atoms with Gasteiger partial charge in [-0.2, -0.15) is 4.98 Å². The summed E-state index contributed by atoms with van der Waals surface area (Å²) in [6.07, 6.45) is 1.66. The molecular weight excluding hydrogens is 462 g/mol. The molecule has 1 amide bonds. The van der Waals surface area contributed by atoms with Crippen LogP contribution >= 0.6 is 22.9 Å². The maximum Gasteiger partial charge on any atom is 0.338 e. The van der Waals surface area contributed by atoms with Crippen LogP contribution in [0.2, 0.25) is 5.02 Å². The summed E-state index contributed by atoms with van der Waals surface area (Å²) in [7, 11) is 4.55. The molecule has 0 saturated carbocycles. The molecule has 0 spiro atoms. The first-order chi connectivity index (χ1) is 15.4. The number of carbonyl (C=O) groups is 2. The zero-order chi connectivity index (χ0) is 23.7. The number of carboxylic acid groups (broad SMARTS) is 1. The van der Waals surface area contributed by atoms with Gasteiger partial charge in [-0.25, -0.2) is 9.78 Å². The number of methoxy groups -OCH3 is 3. The second-order valence-electron chi connectivity index (χ2n) is 5.66. The van der Waals surface area contributed by atoms with Crippen LogP contribution in [0.3, 0.4) is 0 Å². The second-order valence-corrected chi connectivity index (χ2v) is 6.98. The third-order valence-electron chi connectivity index (χ3n) is 3.79. The van der Waals surface area contributed by atoms with Gasteiger partial charge in [-0.15, -0.1) is 11.3 Å². The third-order valence-corrected chi connectivity index (χ3v) is 4.90. The number of benzene rings is 1. The van der Waals surface area contributed by atoms with E-state index in [2.05, 4.69) is 26.3 Å². The topological polar surface area (TPSA) is 158 Å². The van der Waals surface area contributed by atoms with Crippen molar-refractivity contribution in [3.05, 3.63) is 40.4 Å². The van der Waals surface area contributed by atoms with Gasteiger partial charge in [0.2, 0.25) is 18.1 Å². The summed E-state index contributed by atoms with van der Waals surface area (Å²) in [5, 5.41) is 17.5. The smallest absolute Gasteiger partial charge is 0.338 e. The molecule has 3 aromatic rings. The minimum atomic E-state index is -1.05. The van der Waals surface area contributed by atoms with Crippen LogP contribution in [0.4, 0.5) is 22.5 Å². The van der Waals surface area contributed by atoms with Crippen molar-refractivity contribution in [3.8, 4) is 17.2 Å². The van der Waals surface area contributed by atoms with Crippen molar-refractivity contribution in [2.24, 2.45) is 5.73 Å². The molecule has 11 nitrogen and oxygen atoms in total. The summed E-state index contributed by atoms with van der Waals surface area (Å²) in [6, 6.07) is 4.90. The highest BCUT2D eigenvalue weighted by molar-refractivity contribution is 7.14. The van der Waals surface area contributed by atoms with E-state index < -0.39 is 5.97 Å². The van der Waals surface area contributed by atoms with Gasteiger partial charge in [-0.05, 0) is 11.4 Å². The van der Waals surface area contributed by atoms with Crippen molar-refractivity contribution in [1.82, 2.24) is 9.97 Å². The number of ether oxygens (including phenoxy) is 3. The highest BCUT2D eigenvalue weighted by Gasteiger charge is 2.16. The standard InChI is InChI=1S/C18H17ClN4O5S.CH3NO/c1-26-12-6-9(7-13(27-2)14(12)28-3)21-18-20-8-11(19)15(23-18)22-16-10(17(24)25)4-5-29-16;2-1-3/h4-8H,1-3H3,(H,24,25)(H2,20,21,22,23);1H,(H2,2,3). The van der Waals surface area contributed by atoms with Gasteiger partial charge in [0.1, 0.15) is 10.0 Å². The quantitative estimate of drug-likeness (QED) is 0.351.